The third kappa shape index (κ3) is 4.09. The minimum absolute atomic E-state index is 0.265. The molecular formula is C23H27N3O2S. The van der Waals surface area contributed by atoms with E-state index < -0.39 is 10.0 Å². The Morgan fingerprint density at radius 3 is 2.17 bits per heavy atom. The second-order valence-electron chi connectivity index (χ2n) is 7.97. The van der Waals surface area contributed by atoms with Crippen LogP contribution in [-0.2, 0) is 10.0 Å². The predicted molar refractivity (Wildman–Crippen MR) is 120 cm³/mol. The summed E-state index contributed by atoms with van der Waals surface area (Å²) in [5, 5.41) is 5.51. The van der Waals surface area contributed by atoms with Gasteiger partial charge in [0.2, 0.25) is 0 Å². The van der Waals surface area contributed by atoms with Crippen LogP contribution in [-0.4, -0.2) is 33.6 Å². The van der Waals surface area contributed by atoms with Crippen LogP contribution in [0.4, 0.5) is 11.4 Å². The number of hydrogen-bond acceptors (Lipinski definition) is 4. The van der Waals surface area contributed by atoms with Crippen molar-refractivity contribution >= 4 is 32.2 Å². The van der Waals surface area contributed by atoms with Gasteiger partial charge >= 0.3 is 0 Å². The number of fused-ring (bicyclic) bond motifs is 1. The Hall–Kier alpha value is -2.57. The molecule has 0 aliphatic carbocycles. The lowest BCUT2D eigenvalue weighted by Gasteiger charge is -2.38. The molecule has 0 spiro atoms. The number of benzene rings is 3. The van der Waals surface area contributed by atoms with Gasteiger partial charge in [-0.25, -0.2) is 8.42 Å². The van der Waals surface area contributed by atoms with Gasteiger partial charge in [0, 0.05) is 41.6 Å². The Morgan fingerprint density at radius 1 is 0.897 bits per heavy atom. The molecule has 3 aromatic carbocycles. The Kier molecular flexibility index (Phi) is 5.23. The molecule has 1 saturated heterocycles. The van der Waals surface area contributed by atoms with E-state index in [0.29, 0.717) is 17.8 Å². The largest absolute Gasteiger partial charge is 0.368 e. The maximum absolute atomic E-state index is 12.9. The van der Waals surface area contributed by atoms with Crippen LogP contribution in [0.15, 0.2) is 65.6 Å². The summed E-state index contributed by atoms with van der Waals surface area (Å²) in [7, 11) is -3.65. The SMILES string of the molecule is Cc1ccc(S(=O)(=O)Nc2ccc(N3C[C@@H](C)N[C@@H](C)C3)c3ccccc23)cc1. The van der Waals surface area contributed by atoms with Crippen LogP contribution in [0.2, 0.25) is 0 Å². The first-order valence-corrected chi connectivity index (χ1v) is 11.4. The summed E-state index contributed by atoms with van der Waals surface area (Å²) in [5.41, 5.74) is 2.76. The highest BCUT2D eigenvalue weighted by Gasteiger charge is 2.23. The highest BCUT2D eigenvalue weighted by Crippen LogP contribution is 2.34. The van der Waals surface area contributed by atoms with Crippen LogP contribution >= 0.6 is 0 Å². The molecule has 1 aliphatic rings. The molecule has 6 heteroatoms. The van der Waals surface area contributed by atoms with Gasteiger partial charge < -0.3 is 10.2 Å². The van der Waals surface area contributed by atoms with Crippen molar-refractivity contribution in [2.24, 2.45) is 0 Å². The number of anilines is 2. The highest BCUT2D eigenvalue weighted by molar-refractivity contribution is 7.92. The predicted octanol–water partition coefficient (Wildman–Crippen LogP) is 4.14. The number of nitrogens with one attached hydrogen (secondary N) is 2. The Morgan fingerprint density at radius 2 is 1.52 bits per heavy atom. The maximum atomic E-state index is 12.9. The number of aryl methyl sites for hydroxylation is 1. The van der Waals surface area contributed by atoms with Gasteiger partial charge in [0.25, 0.3) is 10.0 Å². The molecule has 29 heavy (non-hydrogen) atoms. The van der Waals surface area contributed by atoms with Crippen LogP contribution in [0.3, 0.4) is 0 Å². The number of nitrogens with zero attached hydrogens (tertiary/aromatic N) is 1. The van der Waals surface area contributed by atoms with Crippen molar-refractivity contribution < 1.29 is 8.42 Å². The van der Waals surface area contributed by atoms with E-state index in [2.05, 4.69) is 34.9 Å². The van der Waals surface area contributed by atoms with E-state index in [4.69, 9.17) is 0 Å². The van der Waals surface area contributed by atoms with E-state index >= 15 is 0 Å². The summed E-state index contributed by atoms with van der Waals surface area (Å²) in [4.78, 5) is 2.65. The zero-order valence-electron chi connectivity index (χ0n) is 17.0. The molecule has 2 atom stereocenters. The van der Waals surface area contributed by atoms with Gasteiger partial charge in [-0.2, -0.15) is 0 Å². The average molecular weight is 410 g/mol. The summed E-state index contributed by atoms with van der Waals surface area (Å²) in [6, 6.07) is 19.6. The zero-order valence-corrected chi connectivity index (χ0v) is 17.8. The standard InChI is InChI=1S/C23H27N3O2S/c1-16-8-10-19(11-9-16)29(27,28)25-22-12-13-23(21-7-5-4-6-20(21)22)26-14-17(2)24-18(3)15-26/h4-13,17-18,24-25H,14-15H2,1-3H3/t17-,18+. The second-order valence-corrected chi connectivity index (χ2v) is 9.65. The van der Waals surface area contributed by atoms with E-state index in [-0.39, 0.29) is 4.90 Å². The number of sulfonamides is 1. The van der Waals surface area contributed by atoms with Gasteiger partial charge in [0.15, 0.2) is 0 Å². The van der Waals surface area contributed by atoms with Gasteiger partial charge in [-0.05, 0) is 45.0 Å². The molecule has 0 aromatic heterocycles. The molecule has 3 aromatic rings. The fourth-order valence-electron chi connectivity index (χ4n) is 4.09. The minimum Gasteiger partial charge on any atom is -0.368 e. The van der Waals surface area contributed by atoms with E-state index in [1.54, 1.807) is 12.1 Å². The molecule has 0 bridgehead atoms. The van der Waals surface area contributed by atoms with Gasteiger partial charge in [-0.1, -0.05) is 42.0 Å². The van der Waals surface area contributed by atoms with E-state index in [9.17, 15) is 8.42 Å². The van der Waals surface area contributed by atoms with Crippen molar-refractivity contribution in [3.8, 4) is 0 Å². The quantitative estimate of drug-likeness (QED) is 0.680. The maximum Gasteiger partial charge on any atom is 0.261 e. The molecule has 1 aliphatic heterocycles. The Labute approximate surface area is 172 Å². The van der Waals surface area contributed by atoms with Crippen LogP contribution in [0.1, 0.15) is 19.4 Å². The lowest BCUT2D eigenvalue weighted by molar-refractivity contribution is 0.407. The lowest BCUT2D eigenvalue weighted by atomic mass is 10.0. The van der Waals surface area contributed by atoms with Gasteiger partial charge in [-0.3, -0.25) is 4.72 Å². The van der Waals surface area contributed by atoms with Crippen LogP contribution < -0.4 is 14.9 Å². The monoisotopic (exact) mass is 409 g/mol. The molecule has 2 N–H and O–H groups in total. The molecular weight excluding hydrogens is 382 g/mol. The first-order valence-electron chi connectivity index (χ1n) is 9.96. The van der Waals surface area contributed by atoms with E-state index in [1.165, 1.54) is 0 Å². The van der Waals surface area contributed by atoms with Crippen LogP contribution in [0.5, 0.6) is 0 Å². The van der Waals surface area contributed by atoms with Crippen molar-refractivity contribution in [3.63, 3.8) is 0 Å². The molecule has 152 valence electrons. The first kappa shape index (κ1) is 19.7. The van der Waals surface area contributed by atoms with Crippen LogP contribution in [0, 0.1) is 6.92 Å². The molecule has 0 radical (unpaired) electrons. The summed E-state index contributed by atoms with van der Waals surface area (Å²) >= 11 is 0. The lowest BCUT2D eigenvalue weighted by Crippen LogP contribution is -2.54. The fourth-order valence-corrected chi connectivity index (χ4v) is 5.17. The smallest absolute Gasteiger partial charge is 0.261 e. The summed E-state index contributed by atoms with van der Waals surface area (Å²) in [6.45, 7) is 8.16. The average Bonchev–Trinajstić information content (AvgIpc) is 2.67. The number of rotatable bonds is 4. The normalized spacial score (nSPS) is 20.0. The molecule has 4 rings (SSSR count). The molecule has 1 heterocycles. The Balaban J connectivity index is 1.73. The molecule has 1 fully saturated rings. The molecule has 0 amide bonds. The Bertz CT molecular complexity index is 1120. The topological polar surface area (TPSA) is 61.4 Å². The van der Waals surface area contributed by atoms with E-state index in [0.717, 1.165) is 35.1 Å². The summed E-state index contributed by atoms with van der Waals surface area (Å²) in [5.74, 6) is 0. The fraction of sp³-hybridized carbons (Fsp3) is 0.304. The van der Waals surface area contributed by atoms with Gasteiger partial charge in [0.05, 0.1) is 10.6 Å². The van der Waals surface area contributed by atoms with Crippen molar-refractivity contribution in [3.05, 3.63) is 66.2 Å². The second kappa shape index (κ2) is 7.69. The van der Waals surface area contributed by atoms with E-state index in [1.807, 2.05) is 49.4 Å². The third-order valence-electron chi connectivity index (χ3n) is 5.37. The molecule has 0 unspecified atom stereocenters. The summed E-state index contributed by atoms with van der Waals surface area (Å²) in [6.07, 6.45) is 0. The number of hydrogen-bond donors (Lipinski definition) is 2. The number of piperazine rings is 1. The van der Waals surface area contributed by atoms with Crippen molar-refractivity contribution in [1.82, 2.24) is 5.32 Å². The zero-order chi connectivity index (χ0) is 20.6. The van der Waals surface area contributed by atoms with Crippen LogP contribution in [0.25, 0.3) is 10.8 Å². The van der Waals surface area contributed by atoms with Crippen molar-refractivity contribution in [2.75, 3.05) is 22.7 Å². The first-order chi connectivity index (χ1) is 13.8. The third-order valence-corrected chi connectivity index (χ3v) is 6.76. The molecule has 5 nitrogen and oxygen atoms in total. The van der Waals surface area contributed by atoms with Crippen molar-refractivity contribution in [1.29, 1.82) is 0 Å². The van der Waals surface area contributed by atoms with Crippen molar-refractivity contribution in [2.45, 2.75) is 37.8 Å². The summed E-state index contributed by atoms with van der Waals surface area (Å²) < 4.78 is 28.6. The van der Waals surface area contributed by atoms with Gasteiger partial charge in [0.1, 0.15) is 0 Å². The minimum atomic E-state index is -3.65. The highest BCUT2D eigenvalue weighted by atomic mass is 32.2. The van der Waals surface area contributed by atoms with Gasteiger partial charge in [-0.15, -0.1) is 0 Å². The molecule has 0 saturated carbocycles.